The highest BCUT2D eigenvalue weighted by Crippen LogP contribution is 2.12. The molecule has 10 nitrogen and oxygen atoms in total. The van der Waals surface area contributed by atoms with Gasteiger partial charge in [-0.15, -0.1) is 0 Å². The zero-order valence-corrected chi connectivity index (χ0v) is 17.2. The summed E-state index contributed by atoms with van der Waals surface area (Å²) in [6.45, 7) is 1.67. The fourth-order valence-corrected chi connectivity index (χ4v) is 3.44. The number of ketones is 1. The Morgan fingerprint density at radius 1 is 1.13 bits per heavy atom. The number of rotatable bonds is 6. The predicted molar refractivity (Wildman–Crippen MR) is 115 cm³/mol. The molecule has 2 amide bonds. The average Bonchev–Trinajstić information content (AvgIpc) is 2.79. The molecule has 1 aromatic heterocycles. The second-order valence-electron chi connectivity index (χ2n) is 6.50. The van der Waals surface area contributed by atoms with Gasteiger partial charge in [-0.05, 0) is 48.6 Å². The predicted octanol–water partition coefficient (Wildman–Crippen LogP) is 0.702. The molecule has 0 saturated carbocycles. The minimum absolute atomic E-state index is 0.250. The van der Waals surface area contributed by atoms with E-state index in [2.05, 4.69) is 15.6 Å². The highest BCUT2D eigenvalue weighted by atomic mass is 32.2. The fourth-order valence-electron chi connectivity index (χ4n) is 2.85. The van der Waals surface area contributed by atoms with E-state index in [0.29, 0.717) is 41.9 Å². The summed E-state index contributed by atoms with van der Waals surface area (Å²) < 4.78 is 21.6. The highest BCUT2D eigenvalue weighted by Gasteiger charge is 2.32. The molecule has 1 atom stereocenters. The van der Waals surface area contributed by atoms with Crippen LogP contribution in [0.1, 0.15) is 16.1 Å². The number of carbonyl (C=O) groups excluding carboxylic acids is 3. The molecule has 1 aliphatic rings. The van der Waals surface area contributed by atoms with Crippen LogP contribution in [-0.2, 0) is 20.9 Å². The smallest absolute Gasteiger partial charge is 0.318 e. The first kappa shape index (κ1) is 22.4. The number of nitrogens with one attached hydrogen (secondary N) is 2. The SMILES string of the molecule is O=C(Nc1ccc(C(=O)C=Cc2ccccn2)cc1)C(=O)N(N1CCNCC1)S(=O)O. The Morgan fingerprint density at radius 2 is 1.84 bits per heavy atom. The number of nitrogens with zero attached hydrogens (tertiary/aromatic N) is 3. The molecule has 0 spiro atoms. The number of benzene rings is 1. The lowest BCUT2D eigenvalue weighted by Crippen LogP contribution is -2.57. The van der Waals surface area contributed by atoms with E-state index in [0.717, 1.165) is 0 Å². The fraction of sp³-hybridized carbons (Fsp3) is 0.200. The Kier molecular flexibility index (Phi) is 7.73. The van der Waals surface area contributed by atoms with Crippen LogP contribution in [0.4, 0.5) is 5.69 Å². The van der Waals surface area contributed by atoms with Gasteiger partial charge in [0.1, 0.15) is 0 Å². The van der Waals surface area contributed by atoms with Crippen LogP contribution < -0.4 is 10.6 Å². The van der Waals surface area contributed by atoms with Crippen LogP contribution in [0, 0.1) is 0 Å². The minimum atomic E-state index is -2.67. The maximum absolute atomic E-state index is 12.4. The van der Waals surface area contributed by atoms with E-state index >= 15 is 0 Å². The van der Waals surface area contributed by atoms with Crippen molar-refractivity contribution in [2.45, 2.75) is 0 Å². The van der Waals surface area contributed by atoms with Crippen LogP contribution >= 0.6 is 0 Å². The number of piperazine rings is 1. The van der Waals surface area contributed by atoms with Crippen molar-refractivity contribution in [1.82, 2.24) is 19.7 Å². The van der Waals surface area contributed by atoms with Crippen LogP contribution in [0.3, 0.4) is 0 Å². The van der Waals surface area contributed by atoms with E-state index < -0.39 is 23.1 Å². The van der Waals surface area contributed by atoms with Crippen LogP contribution in [0.5, 0.6) is 0 Å². The van der Waals surface area contributed by atoms with Crippen LogP contribution in [0.25, 0.3) is 6.08 Å². The molecule has 1 unspecified atom stereocenters. The quantitative estimate of drug-likeness (QED) is 0.257. The van der Waals surface area contributed by atoms with E-state index in [-0.39, 0.29) is 11.5 Å². The van der Waals surface area contributed by atoms with Crippen molar-refractivity contribution in [1.29, 1.82) is 0 Å². The summed E-state index contributed by atoms with van der Waals surface area (Å²) in [7, 11) is 0. The summed E-state index contributed by atoms with van der Waals surface area (Å²) in [5.41, 5.74) is 1.30. The normalized spacial score (nSPS) is 15.4. The van der Waals surface area contributed by atoms with Gasteiger partial charge in [-0.2, -0.15) is 4.41 Å². The van der Waals surface area contributed by atoms with Gasteiger partial charge < -0.3 is 10.6 Å². The molecule has 1 aliphatic heterocycles. The van der Waals surface area contributed by atoms with E-state index in [1.165, 1.54) is 35.4 Å². The molecule has 0 radical (unpaired) electrons. The topological polar surface area (TPSA) is 132 Å². The number of allylic oxidation sites excluding steroid dienone is 1. The van der Waals surface area contributed by atoms with E-state index in [1.807, 2.05) is 6.07 Å². The summed E-state index contributed by atoms with van der Waals surface area (Å²) in [4.78, 5) is 41.1. The van der Waals surface area contributed by atoms with Crippen molar-refractivity contribution in [3.63, 3.8) is 0 Å². The molecule has 0 bridgehead atoms. The van der Waals surface area contributed by atoms with Gasteiger partial charge in [0.05, 0.1) is 5.69 Å². The van der Waals surface area contributed by atoms with Gasteiger partial charge in [0, 0.05) is 43.6 Å². The first-order chi connectivity index (χ1) is 15.0. The summed E-state index contributed by atoms with van der Waals surface area (Å²) in [6, 6.07) is 11.3. The second kappa shape index (κ2) is 10.7. The van der Waals surface area contributed by atoms with Crippen molar-refractivity contribution >= 4 is 40.6 Å². The molecule has 162 valence electrons. The Bertz CT molecular complexity index is 991. The van der Waals surface area contributed by atoms with Crippen molar-refractivity contribution in [3.05, 3.63) is 66.0 Å². The number of pyridine rings is 1. The number of hydrogen-bond donors (Lipinski definition) is 3. The Balaban J connectivity index is 1.62. The summed E-state index contributed by atoms with van der Waals surface area (Å²) >= 11 is -2.67. The average molecular weight is 443 g/mol. The lowest BCUT2D eigenvalue weighted by Gasteiger charge is -2.33. The molecule has 11 heteroatoms. The van der Waals surface area contributed by atoms with E-state index in [9.17, 15) is 23.1 Å². The Morgan fingerprint density at radius 3 is 2.45 bits per heavy atom. The van der Waals surface area contributed by atoms with Crippen LogP contribution in [0.2, 0.25) is 0 Å². The van der Waals surface area contributed by atoms with E-state index in [4.69, 9.17) is 0 Å². The van der Waals surface area contributed by atoms with Gasteiger partial charge in [0.15, 0.2) is 5.78 Å². The molecule has 0 aliphatic carbocycles. The minimum Gasteiger partial charge on any atom is -0.318 e. The lowest BCUT2D eigenvalue weighted by atomic mass is 10.1. The molecule has 3 rings (SSSR count). The van der Waals surface area contributed by atoms with Gasteiger partial charge >= 0.3 is 11.8 Å². The van der Waals surface area contributed by atoms with Gasteiger partial charge in [-0.1, -0.05) is 6.07 Å². The van der Waals surface area contributed by atoms with Gasteiger partial charge in [0.2, 0.25) is 0 Å². The van der Waals surface area contributed by atoms with Crippen LogP contribution in [0.15, 0.2) is 54.7 Å². The number of aromatic nitrogens is 1. The molecular weight excluding hydrogens is 422 g/mol. The van der Waals surface area contributed by atoms with Crippen molar-refractivity contribution in [3.8, 4) is 0 Å². The van der Waals surface area contributed by atoms with Gasteiger partial charge in [0.25, 0.3) is 11.3 Å². The molecule has 2 aromatic rings. The monoisotopic (exact) mass is 443 g/mol. The number of amides is 2. The number of hydrazine groups is 1. The summed E-state index contributed by atoms with van der Waals surface area (Å²) in [6.07, 6.45) is 4.61. The van der Waals surface area contributed by atoms with Crippen molar-refractivity contribution < 1.29 is 23.1 Å². The van der Waals surface area contributed by atoms with E-state index in [1.54, 1.807) is 24.4 Å². The maximum Gasteiger partial charge on any atom is 0.340 e. The molecule has 1 fully saturated rings. The lowest BCUT2D eigenvalue weighted by molar-refractivity contribution is -0.148. The number of hydrogen-bond acceptors (Lipinski definition) is 7. The van der Waals surface area contributed by atoms with Gasteiger partial charge in [-0.25, -0.2) is 9.22 Å². The summed E-state index contributed by atoms with van der Waals surface area (Å²) in [5.74, 6) is -2.46. The molecule has 2 heterocycles. The zero-order valence-electron chi connectivity index (χ0n) is 16.4. The van der Waals surface area contributed by atoms with Crippen LogP contribution in [-0.4, -0.2) is 66.9 Å². The zero-order chi connectivity index (χ0) is 22.2. The Hall–Kier alpha value is -3.25. The van der Waals surface area contributed by atoms with Crippen molar-refractivity contribution in [2.24, 2.45) is 0 Å². The third-order valence-corrected chi connectivity index (χ3v) is 5.08. The largest absolute Gasteiger partial charge is 0.340 e. The summed E-state index contributed by atoms with van der Waals surface area (Å²) in [5, 5.41) is 6.79. The number of carbonyl (C=O) groups is 3. The first-order valence-corrected chi connectivity index (χ1v) is 10.5. The number of anilines is 1. The first-order valence-electron chi connectivity index (χ1n) is 9.41. The van der Waals surface area contributed by atoms with Crippen molar-refractivity contribution in [2.75, 3.05) is 31.5 Å². The second-order valence-corrected chi connectivity index (χ2v) is 7.30. The standard InChI is InChI=1S/C20H21N5O5S/c26-18(9-8-16-3-1-2-10-22-16)15-4-6-17(7-5-15)23-19(27)20(28)25(31(29)30)24-13-11-21-12-14-24/h1-10,21H,11-14H2,(H,23,27)(H,29,30). The maximum atomic E-state index is 12.4. The highest BCUT2D eigenvalue weighted by molar-refractivity contribution is 7.77. The molecule has 1 saturated heterocycles. The molecule has 1 aromatic carbocycles. The third kappa shape index (κ3) is 6.12. The third-order valence-electron chi connectivity index (χ3n) is 4.39. The molecular formula is C20H21N5O5S. The molecule has 31 heavy (non-hydrogen) atoms. The Labute approximate surface area is 181 Å². The molecule has 3 N–H and O–H groups in total. The van der Waals surface area contributed by atoms with Gasteiger partial charge in [-0.3, -0.25) is 23.9 Å².